The number of hydrogen-bond donors (Lipinski definition) is 1. The lowest BCUT2D eigenvalue weighted by atomic mass is 10.0. The van der Waals surface area contributed by atoms with E-state index in [4.69, 9.17) is 14.2 Å². The van der Waals surface area contributed by atoms with Gasteiger partial charge >= 0.3 is 5.97 Å². The van der Waals surface area contributed by atoms with Crippen LogP contribution in [0, 0.1) is 6.92 Å². The summed E-state index contributed by atoms with van der Waals surface area (Å²) < 4.78 is 15.7. The second-order valence-electron chi connectivity index (χ2n) is 6.13. The molecule has 3 aromatic rings. The third-order valence-corrected chi connectivity index (χ3v) is 4.23. The van der Waals surface area contributed by atoms with Crippen LogP contribution in [-0.4, -0.2) is 36.6 Å². The molecule has 2 aromatic carbocycles. The van der Waals surface area contributed by atoms with Gasteiger partial charge in [0, 0.05) is 22.2 Å². The monoisotopic (exact) mass is 367 g/mol. The number of hydrogen-bond acceptors (Lipinski definition) is 5. The Hall–Kier alpha value is -3.28. The minimum absolute atomic E-state index is 0.247. The van der Waals surface area contributed by atoms with Gasteiger partial charge in [-0.05, 0) is 44.2 Å². The third kappa shape index (κ3) is 4.11. The summed E-state index contributed by atoms with van der Waals surface area (Å²) in [4.78, 5) is 28.0. The molecule has 1 atom stereocenters. The van der Waals surface area contributed by atoms with E-state index in [-0.39, 0.29) is 12.4 Å². The summed E-state index contributed by atoms with van der Waals surface area (Å²) in [5.74, 6) is 0.351. The number of fused-ring (bicyclic) bond motifs is 1. The fourth-order valence-electron chi connectivity index (χ4n) is 2.90. The summed E-state index contributed by atoms with van der Waals surface area (Å²) in [6.07, 6.45) is -0.908. The largest absolute Gasteiger partial charge is 0.497 e. The van der Waals surface area contributed by atoms with Gasteiger partial charge in [0.2, 0.25) is 5.78 Å². The molecule has 0 bridgehead atoms. The molecule has 0 saturated heterocycles. The summed E-state index contributed by atoms with van der Waals surface area (Å²) in [6.45, 7) is 3.11. The van der Waals surface area contributed by atoms with Crippen LogP contribution in [0.2, 0.25) is 0 Å². The quantitative estimate of drug-likeness (QED) is 0.509. The van der Waals surface area contributed by atoms with Crippen molar-refractivity contribution in [2.24, 2.45) is 0 Å². The number of aromatic amines is 1. The van der Waals surface area contributed by atoms with Gasteiger partial charge in [0.1, 0.15) is 11.5 Å². The molecule has 1 heterocycles. The van der Waals surface area contributed by atoms with Crippen LogP contribution in [0.3, 0.4) is 0 Å². The maximum atomic E-state index is 12.8. The number of para-hydroxylation sites is 1. The number of esters is 1. The highest BCUT2D eigenvalue weighted by atomic mass is 16.6. The Morgan fingerprint density at radius 3 is 2.41 bits per heavy atom. The van der Waals surface area contributed by atoms with Gasteiger partial charge in [0.25, 0.3) is 0 Å². The highest BCUT2D eigenvalue weighted by Gasteiger charge is 2.24. The SMILES string of the molecule is COc1ccc(OCC(=O)O[C@H](C)C(=O)c2c(C)[nH]c3ccccc23)cc1. The number of ether oxygens (including phenoxy) is 3. The number of aromatic nitrogens is 1. The predicted octanol–water partition coefficient (Wildman–Crippen LogP) is 3.68. The van der Waals surface area contributed by atoms with Gasteiger partial charge in [-0.1, -0.05) is 18.2 Å². The zero-order chi connectivity index (χ0) is 19.4. The first-order chi connectivity index (χ1) is 13.0. The van der Waals surface area contributed by atoms with Gasteiger partial charge < -0.3 is 19.2 Å². The van der Waals surface area contributed by atoms with Crippen molar-refractivity contribution >= 4 is 22.7 Å². The van der Waals surface area contributed by atoms with Gasteiger partial charge in [0.15, 0.2) is 12.7 Å². The van der Waals surface area contributed by atoms with E-state index in [0.717, 1.165) is 16.6 Å². The zero-order valence-electron chi connectivity index (χ0n) is 15.4. The molecule has 0 saturated carbocycles. The molecule has 0 unspecified atom stereocenters. The summed E-state index contributed by atoms with van der Waals surface area (Å²) in [5.41, 5.74) is 2.17. The van der Waals surface area contributed by atoms with E-state index >= 15 is 0 Å². The second kappa shape index (κ2) is 7.95. The summed E-state index contributed by atoms with van der Waals surface area (Å²) >= 11 is 0. The summed E-state index contributed by atoms with van der Waals surface area (Å²) in [6, 6.07) is 14.4. The number of carbonyl (C=O) groups excluding carboxylic acids is 2. The molecule has 0 radical (unpaired) electrons. The van der Waals surface area contributed by atoms with Crippen molar-refractivity contribution in [3.63, 3.8) is 0 Å². The standard InChI is InChI=1S/C21H21NO5/c1-13-20(17-6-4-5-7-18(17)22-13)21(24)14(2)27-19(23)12-26-16-10-8-15(25-3)9-11-16/h4-11,14,22H,12H2,1-3H3/t14-/m1/s1. The van der Waals surface area contributed by atoms with Crippen LogP contribution in [0.4, 0.5) is 0 Å². The van der Waals surface area contributed by atoms with E-state index in [1.54, 1.807) is 38.3 Å². The molecule has 140 valence electrons. The molecule has 0 aliphatic rings. The number of H-pyrrole nitrogens is 1. The third-order valence-electron chi connectivity index (χ3n) is 4.23. The van der Waals surface area contributed by atoms with E-state index < -0.39 is 12.1 Å². The molecule has 0 aliphatic heterocycles. The smallest absolute Gasteiger partial charge is 0.344 e. The molecular weight excluding hydrogens is 346 g/mol. The van der Waals surface area contributed by atoms with Crippen molar-refractivity contribution in [2.75, 3.05) is 13.7 Å². The normalized spacial score (nSPS) is 11.8. The first kappa shape index (κ1) is 18.5. The van der Waals surface area contributed by atoms with Crippen LogP contribution in [0.25, 0.3) is 10.9 Å². The van der Waals surface area contributed by atoms with Crippen LogP contribution in [-0.2, 0) is 9.53 Å². The number of methoxy groups -OCH3 is 1. The topological polar surface area (TPSA) is 77.6 Å². The number of carbonyl (C=O) groups is 2. The molecule has 0 fully saturated rings. The molecule has 1 N–H and O–H groups in total. The molecule has 0 spiro atoms. The molecule has 1 aromatic heterocycles. The van der Waals surface area contributed by atoms with Crippen molar-refractivity contribution in [1.29, 1.82) is 0 Å². The highest BCUT2D eigenvalue weighted by Crippen LogP contribution is 2.24. The predicted molar refractivity (Wildman–Crippen MR) is 101 cm³/mol. The minimum atomic E-state index is -0.908. The second-order valence-corrected chi connectivity index (χ2v) is 6.13. The van der Waals surface area contributed by atoms with Crippen LogP contribution in [0.1, 0.15) is 23.0 Å². The Kier molecular flexibility index (Phi) is 5.45. The van der Waals surface area contributed by atoms with Crippen LogP contribution >= 0.6 is 0 Å². The van der Waals surface area contributed by atoms with Gasteiger partial charge in [-0.15, -0.1) is 0 Å². The lowest BCUT2D eigenvalue weighted by molar-refractivity contribution is -0.148. The zero-order valence-corrected chi connectivity index (χ0v) is 15.4. The molecule has 6 nitrogen and oxygen atoms in total. The maximum Gasteiger partial charge on any atom is 0.344 e. The fourth-order valence-corrected chi connectivity index (χ4v) is 2.90. The minimum Gasteiger partial charge on any atom is -0.497 e. The Balaban J connectivity index is 1.61. The van der Waals surface area contributed by atoms with Crippen LogP contribution in [0.5, 0.6) is 11.5 Å². The number of rotatable bonds is 7. The van der Waals surface area contributed by atoms with Crippen LogP contribution in [0.15, 0.2) is 48.5 Å². The summed E-state index contributed by atoms with van der Waals surface area (Å²) in [7, 11) is 1.57. The maximum absolute atomic E-state index is 12.8. The lowest BCUT2D eigenvalue weighted by Crippen LogP contribution is -2.27. The number of aryl methyl sites for hydroxylation is 1. The molecule has 3 rings (SSSR count). The molecule has 27 heavy (non-hydrogen) atoms. The Morgan fingerprint density at radius 1 is 1.04 bits per heavy atom. The fraction of sp³-hybridized carbons (Fsp3) is 0.238. The summed E-state index contributed by atoms with van der Waals surface area (Å²) in [5, 5.41) is 0.817. The number of Topliss-reactive ketones (excluding diaryl/α,β-unsaturated/α-hetero) is 1. The Morgan fingerprint density at radius 2 is 1.70 bits per heavy atom. The molecular formula is C21H21NO5. The van der Waals surface area contributed by atoms with Gasteiger partial charge in [0.05, 0.1) is 7.11 Å². The lowest BCUT2D eigenvalue weighted by Gasteiger charge is -2.13. The highest BCUT2D eigenvalue weighted by molar-refractivity contribution is 6.11. The van der Waals surface area contributed by atoms with E-state index in [1.807, 2.05) is 31.2 Å². The number of benzene rings is 2. The molecule has 6 heteroatoms. The van der Waals surface area contributed by atoms with E-state index in [9.17, 15) is 9.59 Å². The van der Waals surface area contributed by atoms with Crippen molar-refractivity contribution in [2.45, 2.75) is 20.0 Å². The first-order valence-electron chi connectivity index (χ1n) is 8.57. The first-order valence-corrected chi connectivity index (χ1v) is 8.57. The van der Waals surface area contributed by atoms with Crippen molar-refractivity contribution < 1.29 is 23.8 Å². The average Bonchev–Trinajstić information content (AvgIpc) is 3.01. The Bertz CT molecular complexity index is 958. The number of nitrogens with one attached hydrogen (secondary N) is 1. The van der Waals surface area contributed by atoms with E-state index in [1.165, 1.54) is 0 Å². The van der Waals surface area contributed by atoms with Crippen molar-refractivity contribution in [3.8, 4) is 11.5 Å². The van der Waals surface area contributed by atoms with Gasteiger partial charge in [-0.2, -0.15) is 0 Å². The average molecular weight is 367 g/mol. The molecule has 0 aliphatic carbocycles. The van der Waals surface area contributed by atoms with E-state index in [0.29, 0.717) is 17.1 Å². The van der Waals surface area contributed by atoms with Gasteiger partial charge in [-0.25, -0.2) is 4.79 Å². The van der Waals surface area contributed by atoms with Crippen LogP contribution < -0.4 is 9.47 Å². The number of ketones is 1. The Labute approximate surface area is 157 Å². The van der Waals surface area contributed by atoms with Gasteiger partial charge in [-0.3, -0.25) is 4.79 Å². The molecule has 0 amide bonds. The van der Waals surface area contributed by atoms with Crippen molar-refractivity contribution in [3.05, 3.63) is 59.8 Å². The van der Waals surface area contributed by atoms with E-state index in [2.05, 4.69) is 4.98 Å². The van der Waals surface area contributed by atoms with Crippen molar-refractivity contribution in [1.82, 2.24) is 4.98 Å².